The van der Waals surface area contributed by atoms with Gasteiger partial charge in [0.05, 0.1) is 6.42 Å². The maximum atomic E-state index is 13.3. The number of aromatic amines is 1. The van der Waals surface area contributed by atoms with Crippen LogP contribution in [0.25, 0.3) is 10.9 Å². The first-order valence-electron chi connectivity index (χ1n) is 9.48. The minimum Gasteiger partial charge on any atom is -0.361 e. The molecule has 1 N–H and O–H groups in total. The molecule has 5 heteroatoms. The van der Waals surface area contributed by atoms with Crippen LogP contribution in [-0.2, 0) is 17.6 Å². The van der Waals surface area contributed by atoms with Crippen LogP contribution in [0.2, 0.25) is 0 Å². The highest BCUT2D eigenvalue weighted by Crippen LogP contribution is 2.18. The van der Waals surface area contributed by atoms with E-state index in [4.69, 9.17) is 0 Å². The van der Waals surface area contributed by atoms with E-state index in [0.29, 0.717) is 0 Å². The van der Waals surface area contributed by atoms with Gasteiger partial charge < -0.3 is 9.88 Å². The third-order valence-corrected chi connectivity index (χ3v) is 5.34. The molecule has 1 saturated heterocycles. The number of H-pyrrole nitrogens is 1. The van der Waals surface area contributed by atoms with E-state index in [0.717, 1.165) is 44.7 Å². The van der Waals surface area contributed by atoms with E-state index in [-0.39, 0.29) is 18.1 Å². The Morgan fingerprint density at radius 2 is 1.85 bits per heavy atom. The first-order valence-corrected chi connectivity index (χ1v) is 9.48. The van der Waals surface area contributed by atoms with Gasteiger partial charge in [0.2, 0.25) is 5.91 Å². The van der Waals surface area contributed by atoms with Crippen molar-refractivity contribution >= 4 is 16.8 Å². The Balaban J connectivity index is 1.27. The molecule has 1 fully saturated rings. The number of aromatic nitrogens is 1. The summed E-state index contributed by atoms with van der Waals surface area (Å²) in [6.07, 6.45) is 3.37. The van der Waals surface area contributed by atoms with Gasteiger partial charge in [-0.15, -0.1) is 0 Å². The molecule has 1 amide bonds. The Labute approximate surface area is 158 Å². The van der Waals surface area contributed by atoms with Gasteiger partial charge in [0.1, 0.15) is 5.82 Å². The van der Waals surface area contributed by atoms with Crippen LogP contribution in [0.15, 0.2) is 54.7 Å². The Morgan fingerprint density at radius 3 is 2.67 bits per heavy atom. The molecule has 4 rings (SSSR count). The Hall–Kier alpha value is -2.66. The van der Waals surface area contributed by atoms with Gasteiger partial charge in [-0.3, -0.25) is 9.69 Å². The number of halogens is 1. The van der Waals surface area contributed by atoms with Crippen LogP contribution in [0.4, 0.5) is 4.39 Å². The number of rotatable bonds is 5. The Kier molecular flexibility index (Phi) is 5.21. The third kappa shape index (κ3) is 4.19. The molecule has 0 saturated carbocycles. The van der Waals surface area contributed by atoms with Crippen molar-refractivity contribution < 1.29 is 9.18 Å². The number of amides is 1. The lowest BCUT2D eigenvalue weighted by Crippen LogP contribution is -2.49. The van der Waals surface area contributed by atoms with Gasteiger partial charge in [0, 0.05) is 49.8 Å². The van der Waals surface area contributed by atoms with Crippen molar-refractivity contribution in [2.24, 2.45) is 0 Å². The van der Waals surface area contributed by atoms with Gasteiger partial charge in [-0.2, -0.15) is 0 Å². The maximum Gasteiger partial charge on any atom is 0.227 e. The predicted octanol–water partition coefficient (Wildman–Crippen LogP) is 3.24. The number of benzene rings is 2. The standard InChI is InChI=1S/C22H24FN3O/c23-19-5-3-4-17(14-19)15-22(27)26-12-10-25(11-13-26)9-8-18-16-24-21-7-2-1-6-20(18)21/h1-7,14,16,24H,8-13,15H2. The van der Waals surface area contributed by atoms with E-state index in [9.17, 15) is 9.18 Å². The average Bonchev–Trinajstić information content (AvgIpc) is 3.10. The van der Waals surface area contributed by atoms with E-state index in [1.165, 1.54) is 28.6 Å². The first-order chi connectivity index (χ1) is 13.2. The molecule has 1 aliphatic heterocycles. The lowest BCUT2D eigenvalue weighted by atomic mass is 10.1. The molecule has 3 aromatic rings. The largest absolute Gasteiger partial charge is 0.361 e. The van der Waals surface area contributed by atoms with E-state index in [1.54, 1.807) is 12.1 Å². The topological polar surface area (TPSA) is 39.3 Å². The molecule has 4 nitrogen and oxygen atoms in total. The number of carbonyl (C=O) groups is 1. The SMILES string of the molecule is O=C(Cc1cccc(F)c1)N1CCN(CCc2c[nH]c3ccccc23)CC1. The zero-order valence-electron chi connectivity index (χ0n) is 15.3. The summed E-state index contributed by atoms with van der Waals surface area (Å²) < 4.78 is 13.3. The number of carbonyl (C=O) groups excluding carboxylic acids is 1. The van der Waals surface area contributed by atoms with Gasteiger partial charge in [-0.05, 0) is 35.7 Å². The van der Waals surface area contributed by atoms with Crippen molar-refractivity contribution in [1.29, 1.82) is 0 Å². The molecular weight excluding hydrogens is 341 g/mol. The van der Waals surface area contributed by atoms with Crippen molar-refractivity contribution in [3.05, 3.63) is 71.7 Å². The first kappa shape index (κ1) is 17.7. The summed E-state index contributed by atoms with van der Waals surface area (Å²) in [4.78, 5) is 20.1. The van der Waals surface area contributed by atoms with Gasteiger partial charge in [0.25, 0.3) is 0 Å². The fraction of sp³-hybridized carbons (Fsp3) is 0.318. The van der Waals surface area contributed by atoms with Crippen molar-refractivity contribution in [1.82, 2.24) is 14.8 Å². The van der Waals surface area contributed by atoms with E-state index in [2.05, 4.69) is 34.3 Å². The van der Waals surface area contributed by atoms with Gasteiger partial charge in [0.15, 0.2) is 0 Å². The summed E-state index contributed by atoms with van der Waals surface area (Å²) in [6.45, 7) is 4.24. The van der Waals surface area contributed by atoms with Crippen molar-refractivity contribution in [2.75, 3.05) is 32.7 Å². The number of piperazine rings is 1. The quantitative estimate of drug-likeness (QED) is 0.754. The molecular formula is C22H24FN3O. The van der Waals surface area contributed by atoms with E-state index < -0.39 is 0 Å². The van der Waals surface area contributed by atoms with E-state index >= 15 is 0 Å². The normalized spacial score (nSPS) is 15.4. The van der Waals surface area contributed by atoms with Gasteiger partial charge in [-0.1, -0.05) is 30.3 Å². The zero-order valence-corrected chi connectivity index (χ0v) is 15.3. The Bertz CT molecular complexity index is 928. The van der Waals surface area contributed by atoms with Gasteiger partial charge in [-0.25, -0.2) is 4.39 Å². The monoisotopic (exact) mass is 365 g/mol. The predicted molar refractivity (Wildman–Crippen MR) is 105 cm³/mol. The van der Waals surface area contributed by atoms with Crippen LogP contribution in [-0.4, -0.2) is 53.4 Å². The molecule has 1 aromatic heterocycles. The summed E-state index contributed by atoms with van der Waals surface area (Å²) >= 11 is 0. The smallest absolute Gasteiger partial charge is 0.227 e. The molecule has 1 aliphatic rings. The lowest BCUT2D eigenvalue weighted by Gasteiger charge is -2.34. The number of para-hydroxylation sites is 1. The second kappa shape index (κ2) is 7.92. The van der Waals surface area contributed by atoms with Crippen LogP contribution in [0.1, 0.15) is 11.1 Å². The molecule has 2 aromatic carbocycles. The number of nitrogens with zero attached hydrogens (tertiary/aromatic N) is 2. The molecule has 0 spiro atoms. The lowest BCUT2D eigenvalue weighted by molar-refractivity contribution is -0.132. The Morgan fingerprint density at radius 1 is 1.04 bits per heavy atom. The summed E-state index contributed by atoms with van der Waals surface area (Å²) in [5, 5.41) is 1.29. The maximum absolute atomic E-state index is 13.3. The number of hydrogen-bond acceptors (Lipinski definition) is 2. The highest BCUT2D eigenvalue weighted by molar-refractivity contribution is 5.83. The number of hydrogen-bond donors (Lipinski definition) is 1. The van der Waals surface area contributed by atoms with Crippen LogP contribution in [0.5, 0.6) is 0 Å². The second-order valence-electron chi connectivity index (χ2n) is 7.14. The molecule has 0 radical (unpaired) electrons. The summed E-state index contributed by atoms with van der Waals surface area (Å²) in [6, 6.07) is 14.7. The van der Waals surface area contributed by atoms with Crippen molar-refractivity contribution in [3.8, 4) is 0 Å². The number of nitrogens with one attached hydrogen (secondary N) is 1. The summed E-state index contributed by atoms with van der Waals surface area (Å²) in [5.41, 5.74) is 3.26. The van der Waals surface area contributed by atoms with Crippen molar-refractivity contribution in [2.45, 2.75) is 12.8 Å². The fourth-order valence-corrected chi connectivity index (χ4v) is 3.77. The average molecular weight is 365 g/mol. The highest BCUT2D eigenvalue weighted by atomic mass is 19.1. The molecule has 0 atom stereocenters. The summed E-state index contributed by atoms with van der Waals surface area (Å²) in [7, 11) is 0. The molecule has 0 unspecified atom stereocenters. The molecule has 27 heavy (non-hydrogen) atoms. The minimum absolute atomic E-state index is 0.0804. The second-order valence-corrected chi connectivity index (χ2v) is 7.14. The fourth-order valence-electron chi connectivity index (χ4n) is 3.77. The van der Waals surface area contributed by atoms with Crippen LogP contribution < -0.4 is 0 Å². The summed E-state index contributed by atoms with van der Waals surface area (Å²) in [5.74, 6) is -0.209. The van der Waals surface area contributed by atoms with E-state index in [1.807, 2.05) is 11.0 Å². The molecule has 0 aliphatic carbocycles. The van der Waals surface area contributed by atoms with Crippen molar-refractivity contribution in [3.63, 3.8) is 0 Å². The molecule has 140 valence electrons. The minimum atomic E-state index is -0.289. The molecule has 2 heterocycles. The highest BCUT2D eigenvalue weighted by Gasteiger charge is 2.21. The van der Waals surface area contributed by atoms with Crippen LogP contribution in [0.3, 0.4) is 0 Å². The van der Waals surface area contributed by atoms with Crippen LogP contribution >= 0.6 is 0 Å². The van der Waals surface area contributed by atoms with Gasteiger partial charge >= 0.3 is 0 Å². The number of fused-ring (bicyclic) bond motifs is 1. The third-order valence-electron chi connectivity index (χ3n) is 5.34. The zero-order chi connectivity index (χ0) is 18.6. The van der Waals surface area contributed by atoms with Crippen LogP contribution in [0, 0.1) is 5.82 Å². The molecule has 0 bridgehead atoms.